The van der Waals surface area contributed by atoms with Crippen molar-refractivity contribution in [2.75, 3.05) is 13.7 Å². The van der Waals surface area contributed by atoms with E-state index >= 15 is 0 Å². The quantitative estimate of drug-likeness (QED) is 0.869. The lowest BCUT2D eigenvalue weighted by molar-refractivity contribution is -0.0332. The van der Waals surface area contributed by atoms with Gasteiger partial charge in [-0.3, -0.25) is 4.90 Å². The number of rotatable bonds is 4. The van der Waals surface area contributed by atoms with Gasteiger partial charge in [0.2, 0.25) is 11.8 Å². The van der Waals surface area contributed by atoms with Gasteiger partial charge in [0.15, 0.2) is 0 Å². The summed E-state index contributed by atoms with van der Waals surface area (Å²) in [7, 11) is 1.66. The lowest BCUT2D eigenvalue weighted by atomic mass is 9.77. The van der Waals surface area contributed by atoms with E-state index in [1.54, 1.807) is 7.11 Å². The van der Waals surface area contributed by atoms with Gasteiger partial charge in [-0.2, -0.15) is 0 Å². The van der Waals surface area contributed by atoms with Crippen LogP contribution in [0.3, 0.4) is 0 Å². The monoisotopic (exact) mass is 311 g/mol. The second kappa shape index (κ2) is 5.06. The molecule has 120 valence electrons. The Bertz CT molecular complexity index is 727. The molecule has 3 fully saturated rings. The minimum absolute atomic E-state index is 0.573. The number of methoxy groups -OCH3 is 1. The van der Waals surface area contributed by atoms with Gasteiger partial charge in [-0.25, -0.2) is 0 Å². The third-order valence-electron chi connectivity index (χ3n) is 6.03. The van der Waals surface area contributed by atoms with Gasteiger partial charge in [-0.15, -0.1) is 10.2 Å². The average Bonchev–Trinajstić information content (AvgIpc) is 3.25. The molecule has 0 spiro atoms. The minimum Gasteiger partial charge on any atom is -0.497 e. The van der Waals surface area contributed by atoms with Crippen molar-refractivity contribution in [3.63, 3.8) is 0 Å². The third-order valence-corrected chi connectivity index (χ3v) is 6.03. The first-order valence-electron chi connectivity index (χ1n) is 8.52. The van der Waals surface area contributed by atoms with Gasteiger partial charge < -0.3 is 9.15 Å². The van der Waals surface area contributed by atoms with E-state index in [4.69, 9.17) is 9.15 Å². The molecule has 5 heteroatoms. The van der Waals surface area contributed by atoms with Gasteiger partial charge in [-0.05, 0) is 55.2 Å². The zero-order valence-electron chi connectivity index (χ0n) is 13.3. The van der Waals surface area contributed by atoms with Crippen molar-refractivity contribution in [3.05, 3.63) is 30.2 Å². The molecular weight excluding hydrogens is 290 g/mol. The second-order valence-corrected chi connectivity index (χ2v) is 7.15. The summed E-state index contributed by atoms with van der Waals surface area (Å²) < 4.78 is 11.1. The number of hydrogen-bond acceptors (Lipinski definition) is 5. The maximum Gasteiger partial charge on any atom is 0.247 e. The molecule has 4 unspecified atom stereocenters. The van der Waals surface area contributed by atoms with E-state index in [1.165, 1.54) is 25.8 Å². The predicted octanol–water partition coefficient (Wildman–Crippen LogP) is 2.98. The van der Waals surface area contributed by atoms with Crippen LogP contribution in [0.25, 0.3) is 11.5 Å². The molecule has 1 saturated heterocycles. The SMILES string of the molecule is COc1cccc(-c2nnc(CN3CC4C5CCC(C5)C43)o2)c1. The Labute approximate surface area is 135 Å². The fraction of sp³-hybridized carbons (Fsp3) is 0.556. The molecule has 3 aliphatic rings. The summed E-state index contributed by atoms with van der Waals surface area (Å²) in [5.41, 5.74) is 0.907. The largest absolute Gasteiger partial charge is 0.497 e. The topological polar surface area (TPSA) is 51.4 Å². The number of ether oxygens (including phenoxy) is 1. The summed E-state index contributed by atoms with van der Waals surface area (Å²) in [6.07, 6.45) is 4.33. The molecule has 5 nitrogen and oxygen atoms in total. The van der Waals surface area contributed by atoms with Crippen molar-refractivity contribution < 1.29 is 9.15 Å². The summed E-state index contributed by atoms with van der Waals surface area (Å²) in [5.74, 6) is 4.95. The van der Waals surface area contributed by atoms with E-state index in [1.807, 2.05) is 24.3 Å². The molecule has 0 N–H and O–H groups in total. The first kappa shape index (κ1) is 13.5. The molecule has 2 heterocycles. The molecule has 2 bridgehead atoms. The number of nitrogens with zero attached hydrogens (tertiary/aromatic N) is 3. The Kier molecular flexibility index (Phi) is 2.98. The average molecular weight is 311 g/mol. The van der Waals surface area contributed by atoms with Crippen LogP contribution in [-0.2, 0) is 6.54 Å². The molecule has 2 aliphatic carbocycles. The van der Waals surface area contributed by atoms with Crippen LogP contribution >= 0.6 is 0 Å². The Hall–Kier alpha value is -1.88. The van der Waals surface area contributed by atoms with E-state index < -0.39 is 0 Å². The van der Waals surface area contributed by atoms with Gasteiger partial charge >= 0.3 is 0 Å². The molecule has 4 atom stereocenters. The van der Waals surface area contributed by atoms with Gasteiger partial charge in [0.1, 0.15) is 5.75 Å². The first-order chi connectivity index (χ1) is 11.3. The Morgan fingerprint density at radius 1 is 1.26 bits per heavy atom. The van der Waals surface area contributed by atoms with Gasteiger partial charge in [-0.1, -0.05) is 6.07 Å². The van der Waals surface area contributed by atoms with E-state index in [0.717, 1.165) is 47.5 Å². The highest BCUT2D eigenvalue weighted by atomic mass is 16.5. The van der Waals surface area contributed by atoms with Crippen molar-refractivity contribution in [1.29, 1.82) is 0 Å². The van der Waals surface area contributed by atoms with Crippen LogP contribution in [-0.4, -0.2) is 34.8 Å². The van der Waals surface area contributed by atoms with Crippen molar-refractivity contribution in [2.24, 2.45) is 17.8 Å². The molecule has 1 aromatic carbocycles. The summed E-state index contributed by atoms with van der Waals surface area (Å²) >= 11 is 0. The zero-order valence-corrected chi connectivity index (χ0v) is 13.3. The van der Waals surface area contributed by atoms with Crippen LogP contribution in [0.5, 0.6) is 5.75 Å². The smallest absolute Gasteiger partial charge is 0.247 e. The fourth-order valence-electron chi connectivity index (χ4n) is 4.99. The number of likely N-dealkylation sites (tertiary alicyclic amines) is 1. The van der Waals surface area contributed by atoms with E-state index in [2.05, 4.69) is 15.1 Å². The fourth-order valence-corrected chi connectivity index (χ4v) is 4.99. The minimum atomic E-state index is 0.573. The van der Waals surface area contributed by atoms with Crippen LogP contribution in [0.2, 0.25) is 0 Å². The van der Waals surface area contributed by atoms with E-state index in [-0.39, 0.29) is 0 Å². The van der Waals surface area contributed by atoms with E-state index in [9.17, 15) is 0 Å². The summed E-state index contributed by atoms with van der Waals surface area (Å²) in [6, 6.07) is 8.52. The van der Waals surface area contributed by atoms with Crippen LogP contribution in [0.4, 0.5) is 0 Å². The third kappa shape index (κ3) is 2.10. The molecule has 1 aliphatic heterocycles. The van der Waals surface area contributed by atoms with Crippen molar-refractivity contribution in [2.45, 2.75) is 31.8 Å². The highest BCUT2D eigenvalue weighted by molar-refractivity contribution is 5.55. The van der Waals surface area contributed by atoms with Crippen LogP contribution in [0, 0.1) is 17.8 Å². The van der Waals surface area contributed by atoms with Crippen molar-refractivity contribution in [3.8, 4) is 17.2 Å². The summed E-state index contributed by atoms with van der Waals surface area (Å²) in [4.78, 5) is 2.54. The number of hydrogen-bond donors (Lipinski definition) is 0. The highest BCUT2D eigenvalue weighted by Crippen LogP contribution is 2.55. The zero-order chi connectivity index (χ0) is 15.4. The van der Waals surface area contributed by atoms with Gasteiger partial charge in [0.05, 0.1) is 13.7 Å². The predicted molar refractivity (Wildman–Crippen MR) is 84.8 cm³/mol. The van der Waals surface area contributed by atoms with Gasteiger partial charge in [0.25, 0.3) is 0 Å². The molecule has 1 aromatic heterocycles. The summed E-state index contributed by atoms with van der Waals surface area (Å²) in [5, 5.41) is 8.45. The van der Waals surface area contributed by atoms with E-state index in [0.29, 0.717) is 5.89 Å². The summed E-state index contributed by atoms with van der Waals surface area (Å²) in [6.45, 7) is 2.00. The molecule has 0 radical (unpaired) electrons. The Morgan fingerprint density at radius 3 is 3.04 bits per heavy atom. The molecule has 2 aromatic rings. The number of benzene rings is 1. The Balaban J connectivity index is 1.31. The van der Waals surface area contributed by atoms with Crippen LogP contribution in [0.15, 0.2) is 28.7 Å². The normalized spacial score (nSPS) is 31.9. The first-order valence-corrected chi connectivity index (χ1v) is 8.52. The maximum atomic E-state index is 5.88. The lowest BCUT2D eigenvalue weighted by Crippen LogP contribution is -2.58. The standard InChI is InChI=1S/C18H21N3O2/c1-22-14-4-2-3-13(8-14)18-20-19-16(23-18)10-21-9-15-11-5-6-12(7-11)17(15)21/h2-4,8,11-12,15,17H,5-7,9-10H2,1H3. The van der Waals surface area contributed by atoms with Crippen molar-refractivity contribution >= 4 is 0 Å². The molecule has 0 amide bonds. The van der Waals surface area contributed by atoms with Crippen molar-refractivity contribution in [1.82, 2.24) is 15.1 Å². The second-order valence-electron chi connectivity index (χ2n) is 7.15. The maximum absolute atomic E-state index is 5.88. The number of aromatic nitrogens is 2. The number of fused-ring (bicyclic) bond motifs is 5. The van der Waals surface area contributed by atoms with Crippen LogP contribution in [0.1, 0.15) is 25.2 Å². The van der Waals surface area contributed by atoms with Crippen LogP contribution < -0.4 is 4.74 Å². The lowest BCUT2D eigenvalue weighted by Gasteiger charge is -2.50. The highest BCUT2D eigenvalue weighted by Gasteiger charge is 2.56. The molecule has 2 saturated carbocycles. The molecular formula is C18H21N3O2. The molecule has 23 heavy (non-hydrogen) atoms. The Morgan fingerprint density at radius 2 is 2.17 bits per heavy atom. The molecule has 5 rings (SSSR count). The van der Waals surface area contributed by atoms with Gasteiger partial charge in [0, 0.05) is 18.2 Å².